The largest absolute Gasteiger partial charge is 0.497 e. The molecule has 0 aromatic heterocycles. The Kier molecular flexibility index (Phi) is 6.10. The highest BCUT2D eigenvalue weighted by molar-refractivity contribution is 6.21. The lowest BCUT2D eigenvalue weighted by atomic mass is 10.0. The summed E-state index contributed by atoms with van der Waals surface area (Å²) in [6.45, 7) is 5.35. The van der Waals surface area contributed by atoms with Gasteiger partial charge in [0.15, 0.2) is 0 Å². The predicted molar refractivity (Wildman–Crippen MR) is 112 cm³/mol. The van der Waals surface area contributed by atoms with Crippen LogP contribution in [0.15, 0.2) is 48.5 Å². The van der Waals surface area contributed by atoms with E-state index in [9.17, 15) is 14.4 Å². The van der Waals surface area contributed by atoms with Gasteiger partial charge in [-0.1, -0.05) is 24.3 Å². The minimum absolute atomic E-state index is 0.0306. The number of benzene rings is 2. The first-order chi connectivity index (χ1) is 14.2. The Morgan fingerprint density at radius 1 is 1.03 bits per heavy atom. The number of carbonyl (C=O) groups is 3. The van der Waals surface area contributed by atoms with Crippen molar-refractivity contribution in [2.24, 2.45) is 0 Å². The number of carbonyl (C=O) groups excluding carboxylic acids is 3. The molecule has 30 heavy (non-hydrogen) atoms. The first-order valence-electron chi connectivity index (χ1n) is 9.75. The highest BCUT2D eigenvalue weighted by atomic mass is 16.6. The Hall–Kier alpha value is -3.35. The van der Waals surface area contributed by atoms with Crippen LogP contribution in [0.4, 0.5) is 4.79 Å². The number of alkyl carbamates (subject to hydrolysis) is 1. The number of methoxy groups -OCH3 is 1. The number of amides is 3. The molecular weight excluding hydrogens is 384 g/mol. The molecule has 1 unspecified atom stereocenters. The zero-order chi connectivity index (χ0) is 21.9. The molecule has 3 rings (SSSR count). The van der Waals surface area contributed by atoms with Crippen LogP contribution in [0, 0.1) is 0 Å². The smallest absolute Gasteiger partial charge is 0.407 e. The van der Waals surface area contributed by atoms with E-state index in [0.29, 0.717) is 23.3 Å². The maximum absolute atomic E-state index is 12.8. The Morgan fingerprint density at radius 2 is 1.67 bits per heavy atom. The molecule has 0 spiro atoms. The molecule has 1 heterocycles. The van der Waals surface area contributed by atoms with Crippen molar-refractivity contribution in [1.82, 2.24) is 10.2 Å². The van der Waals surface area contributed by atoms with Crippen molar-refractivity contribution < 1.29 is 23.9 Å². The number of ether oxygens (including phenoxy) is 2. The van der Waals surface area contributed by atoms with Crippen molar-refractivity contribution in [1.29, 1.82) is 0 Å². The molecule has 7 nitrogen and oxygen atoms in total. The molecule has 158 valence electrons. The van der Waals surface area contributed by atoms with Crippen LogP contribution in [0.3, 0.4) is 0 Å². The van der Waals surface area contributed by atoms with Crippen LogP contribution in [0.5, 0.6) is 5.75 Å². The molecule has 7 heteroatoms. The summed E-state index contributed by atoms with van der Waals surface area (Å²) in [6.07, 6.45) is -0.212. The molecule has 2 aromatic carbocycles. The lowest BCUT2D eigenvalue weighted by molar-refractivity contribution is 0.0468. The molecule has 0 saturated heterocycles. The van der Waals surface area contributed by atoms with Crippen LogP contribution < -0.4 is 10.1 Å². The summed E-state index contributed by atoms with van der Waals surface area (Å²) in [5.41, 5.74) is 0.979. The molecule has 0 bridgehead atoms. The first-order valence-corrected chi connectivity index (χ1v) is 9.75. The van der Waals surface area contributed by atoms with Gasteiger partial charge in [-0.2, -0.15) is 0 Å². The van der Waals surface area contributed by atoms with E-state index in [0.717, 1.165) is 5.56 Å². The Labute approximate surface area is 176 Å². The molecule has 1 aliphatic heterocycles. The molecule has 1 atom stereocenters. The molecule has 3 amide bonds. The summed E-state index contributed by atoms with van der Waals surface area (Å²) in [5, 5.41) is 2.81. The standard InChI is InChI=1S/C23H26N2O5/c1-23(2,3)30-22(28)24-16(12-15-8-7-9-17(13-15)29-4)14-25-20(26)18-10-5-6-11-19(18)21(25)27/h5-11,13,16H,12,14H2,1-4H3,(H,24,28). The van der Waals surface area contributed by atoms with E-state index in [1.165, 1.54) is 4.90 Å². The van der Waals surface area contributed by atoms with Gasteiger partial charge in [-0.15, -0.1) is 0 Å². The van der Waals surface area contributed by atoms with Crippen LogP contribution in [-0.2, 0) is 11.2 Å². The van der Waals surface area contributed by atoms with Crippen molar-refractivity contribution in [2.45, 2.75) is 38.8 Å². The summed E-state index contributed by atoms with van der Waals surface area (Å²) >= 11 is 0. The van der Waals surface area contributed by atoms with Gasteiger partial charge in [0.2, 0.25) is 0 Å². The lowest BCUT2D eigenvalue weighted by Gasteiger charge is -2.26. The average Bonchev–Trinajstić information content (AvgIpc) is 2.92. The van der Waals surface area contributed by atoms with Crippen molar-refractivity contribution in [3.8, 4) is 5.75 Å². The predicted octanol–water partition coefficient (Wildman–Crippen LogP) is 3.43. The fourth-order valence-corrected chi connectivity index (χ4v) is 3.34. The summed E-state index contributed by atoms with van der Waals surface area (Å²) in [4.78, 5) is 39.1. The van der Waals surface area contributed by atoms with Crippen molar-refractivity contribution >= 4 is 17.9 Å². The van der Waals surface area contributed by atoms with Crippen molar-refractivity contribution in [2.75, 3.05) is 13.7 Å². The molecular formula is C23H26N2O5. The van der Waals surface area contributed by atoms with Crippen LogP contribution in [0.1, 0.15) is 47.1 Å². The van der Waals surface area contributed by atoms with Crippen LogP contribution in [-0.4, -0.2) is 48.1 Å². The molecule has 2 aromatic rings. The topological polar surface area (TPSA) is 84.9 Å². The first kappa shape index (κ1) is 21.4. The zero-order valence-electron chi connectivity index (χ0n) is 17.6. The van der Waals surface area contributed by atoms with E-state index in [2.05, 4.69) is 5.32 Å². The third-order valence-corrected chi connectivity index (χ3v) is 4.62. The van der Waals surface area contributed by atoms with E-state index in [4.69, 9.17) is 9.47 Å². The number of hydrogen-bond acceptors (Lipinski definition) is 5. The monoisotopic (exact) mass is 410 g/mol. The van der Waals surface area contributed by atoms with Gasteiger partial charge in [0, 0.05) is 0 Å². The third-order valence-electron chi connectivity index (χ3n) is 4.62. The second-order valence-corrected chi connectivity index (χ2v) is 8.17. The molecule has 1 N–H and O–H groups in total. The second kappa shape index (κ2) is 8.57. The lowest BCUT2D eigenvalue weighted by Crippen LogP contribution is -2.48. The van der Waals surface area contributed by atoms with Gasteiger partial charge in [-0.05, 0) is 57.0 Å². The molecule has 1 aliphatic rings. The highest BCUT2D eigenvalue weighted by Crippen LogP contribution is 2.23. The Balaban J connectivity index is 1.81. The van der Waals surface area contributed by atoms with Crippen LogP contribution in [0.2, 0.25) is 0 Å². The van der Waals surface area contributed by atoms with E-state index in [-0.39, 0.29) is 18.4 Å². The fraction of sp³-hybridized carbons (Fsp3) is 0.348. The number of rotatable bonds is 6. The van der Waals surface area contributed by atoms with Gasteiger partial charge < -0.3 is 14.8 Å². The van der Waals surface area contributed by atoms with Crippen molar-refractivity contribution in [3.05, 3.63) is 65.2 Å². The maximum atomic E-state index is 12.8. The van der Waals surface area contributed by atoms with E-state index >= 15 is 0 Å². The quantitative estimate of drug-likeness (QED) is 0.738. The summed E-state index contributed by atoms with van der Waals surface area (Å²) in [5.74, 6) is -0.0429. The molecule has 0 fully saturated rings. The number of imide groups is 1. The summed E-state index contributed by atoms with van der Waals surface area (Å²) in [6, 6.07) is 13.6. The third kappa shape index (κ3) is 4.97. The Bertz CT molecular complexity index is 929. The van der Waals surface area contributed by atoms with Gasteiger partial charge in [-0.3, -0.25) is 14.5 Å². The van der Waals surface area contributed by atoms with Gasteiger partial charge in [-0.25, -0.2) is 4.79 Å². The van der Waals surface area contributed by atoms with Gasteiger partial charge >= 0.3 is 6.09 Å². The van der Waals surface area contributed by atoms with E-state index < -0.39 is 17.7 Å². The summed E-state index contributed by atoms with van der Waals surface area (Å²) in [7, 11) is 1.58. The van der Waals surface area contributed by atoms with E-state index in [1.54, 1.807) is 52.1 Å². The zero-order valence-corrected chi connectivity index (χ0v) is 17.6. The average molecular weight is 410 g/mol. The Morgan fingerprint density at radius 3 is 2.23 bits per heavy atom. The SMILES string of the molecule is COc1cccc(CC(CN2C(=O)c3ccccc3C2=O)NC(=O)OC(C)(C)C)c1. The van der Waals surface area contributed by atoms with Crippen LogP contribution >= 0.6 is 0 Å². The normalized spacial score (nSPS) is 14.3. The number of hydrogen-bond donors (Lipinski definition) is 1. The van der Waals surface area contributed by atoms with Gasteiger partial charge in [0.1, 0.15) is 11.4 Å². The highest BCUT2D eigenvalue weighted by Gasteiger charge is 2.37. The second-order valence-electron chi connectivity index (χ2n) is 8.17. The minimum Gasteiger partial charge on any atom is -0.497 e. The van der Waals surface area contributed by atoms with Gasteiger partial charge in [0.25, 0.3) is 11.8 Å². The number of nitrogens with one attached hydrogen (secondary N) is 1. The van der Waals surface area contributed by atoms with E-state index in [1.807, 2.05) is 24.3 Å². The minimum atomic E-state index is -0.667. The molecule has 0 radical (unpaired) electrons. The van der Waals surface area contributed by atoms with Crippen molar-refractivity contribution in [3.63, 3.8) is 0 Å². The summed E-state index contributed by atoms with van der Waals surface area (Å²) < 4.78 is 10.6. The number of fused-ring (bicyclic) bond motifs is 1. The van der Waals surface area contributed by atoms with Crippen LogP contribution in [0.25, 0.3) is 0 Å². The maximum Gasteiger partial charge on any atom is 0.407 e. The fourth-order valence-electron chi connectivity index (χ4n) is 3.34. The van der Waals surface area contributed by atoms with Gasteiger partial charge in [0.05, 0.1) is 30.8 Å². The number of nitrogens with zero attached hydrogens (tertiary/aromatic N) is 1. The molecule has 0 aliphatic carbocycles. The molecule has 0 saturated carbocycles.